The van der Waals surface area contributed by atoms with Crippen molar-refractivity contribution in [3.63, 3.8) is 0 Å². The molecule has 0 spiro atoms. The number of aliphatic imine (C=N–C) groups is 2. The van der Waals surface area contributed by atoms with E-state index in [9.17, 15) is 4.79 Å². The van der Waals surface area contributed by atoms with Gasteiger partial charge in [-0.2, -0.15) is 0 Å². The van der Waals surface area contributed by atoms with Gasteiger partial charge >= 0.3 is 0 Å². The predicted octanol–water partition coefficient (Wildman–Crippen LogP) is 1.02. The lowest BCUT2D eigenvalue weighted by atomic mass is 10.2. The lowest BCUT2D eigenvalue weighted by Gasteiger charge is -1.96. The van der Waals surface area contributed by atoms with Crippen LogP contribution in [-0.2, 0) is 4.79 Å². The van der Waals surface area contributed by atoms with E-state index in [1.165, 1.54) is 6.08 Å². The quantitative estimate of drug-likeness (QED) is 0.345. The summed E-state index contributed by atoms with van der Waals surface area (Å²) in [6.45, 7) is 4.01. The molecule has 0 amide bonds. The maximum absolute atomic E-state index is 9.57. The molecule has 0 N–H and O–H groups in total. The number of thiocarbonyl (C=S) groups is 1. The SMILES string of the molecule is [CH2]C(CCN=C=O)N=C=S. The molecule has 1 radical (unpaired) electrons. The number of hydrogen-bond acceptors (Lipinski definition) is 4. The number of hydrogen-bond donors (Lipinski definition) is 0. The van der Waals surface area contributed by atoms with Crippen molar-refractivity contribution in [1.29, 1.82) is 0 Å². The molecule has 0 heterocycles. The normalized spacial score (nSPS) is 10.9. The van der Waals surface area contributed by atoms with Crippen molar-refractivity contribution in [1.82, 2.24) is 0 Å². The summed E-state index contributed by atoms with van der Waals surface area (Å²) in [7, 11) is 0. The molecular weight excluding hydrogens is 148 g/mol. The average molecular weight is 155 g/mol. The molecule has 10 heavy (non-hydrogen) atoms. The summed E-state index contributed by atoms with van der Waals surface area (Å²) in [6.07, 6.45) is 2.03. The summed E-state index contributed by atoms with van der Waals surface area (Å²) in [5.74, 6) is 0. The summed E-state index contributed by atoms with van der Waals surface area (Å²) in [5, 5.41) is 2.20. The van der Waals surface area contributed by atoms with Gasteiger partial charge in [0.25, 0.3) is 0 Å². The van der Waals surface area contributed by atoms with E-state index in [1.54, 1.807) is 0 Å². The Bertz CT molecular complexity index is 180. The van der Waals surface area contributed by atoms with E-state index in [0.717, 1.165) is 0 Å². The van der Waals surface area contributed by atoms with E-state index in [4.69, 9.17) is 0 Å². The maximum atomic E-state index is 9.57. The Morgan fingerprint density at radius 3 is 2.90 bits per heavy atom. The minimum atomic E-state index is -0.144. The standard InChI is InChI=1S/C6H7N2OS/c1-6(8-5-10)2-3-7-4-9/h6H,1-3H2. The molecule has 0 aliphatic rings. The number of rotatable bonds is 4. The van der Waals surface area contributed by atoms with Gasteiger partial charge in [0.05, 0.1) is 17.7 Å². The van der Waals surface area contributed by atoms with Gasteiger partial charge in [0.2, 0.25) is 6.08 Å². The van der Waals surface area contributed by atoms with E-state index < -0.39 is 0 Å². The molecule has 53 valence electrons. The minimum Gasteiger partial charge on any atom is -0.229 e. The van der Waals surface area contributed by atoms with Crippen molar-refractivity contribution in [2.45, 2.75) is 12.5 Å². The highest BCUT2D eigenvalue weighted by Crippen LogP contribution is 1.93. The van der Waals surface area contributed by atoms with Crippen LogP contribution in [0.15, 0.2) is 9.98 Å². The van der Waals surface area contributed by atoms with Crippen molar-refractivity contribution in [2.24, 2.45) is 9.98 Å². The van der Waals surface area contributed by atoms with Crippen LogP contribution in [0, 0.1) is 6.92 Å². The van der Waals surface area contributed by atoms with E-state index in [2.05, 4.69) is 34.3 Å². The first-order valence-electron chi connectivity index (χ1n) is 2.75. The van der Waals surface area contributed by atoms with Crippen LogP contribution in [0.5, 0.6) is 0 Å². The Kier molecular flexibility index (Phi) is 5.79. The van der Waals surface area contributed by atoms with Gasteiger partial charge in [0.15, 0.2) is 0 Å². The second-order valence-electron chi connectivity index (χ2n) is 1.64. The van der Waals surface area contributed by atoms with Crippen LogP contribution in [-0.4, -0.2) is 23.8 Å². The van der Waals surface area contributed by atoms with Gasteiger partial charge in [-0.1, -0.05) is 0 Å². The van der Waals surface area contributed by atoms with E-state index in [0.29, 0.717) is 13.0 Å². The molecule has 4 heteroatoms. The number of isothiocyanates is 1. The summed E-state index contributed by atoms with van der Waals surface area (Å²) in [4.78, 5) is 16.6. The molecule has 0 aromatic rings. The van der Waals surface area contributed by atoms with E-state index in [1.807, 2.05) is 0 Å². The lowest BCUT2D eigenvalue weighted by molar-refractivity contribution is 0.561. The number of nitrogens with zero attached hydrogens (tertiary/aromatic N) is 2. The molecule has 0 saturated carbocycles. The van der Waals surface area contributed by atoms with Gasteiger partial charge in [0.1, 0.15) is 0 Å². The van der Waals surface area contributed by atoms with Crippen molar-refractivity contribution in [3.8, 4) is 0 Å². The molecular formula is C6H7N2OS. The second kappa shape index (κ2) is 6.30. The molecule has 0 saturated heterocycles. The molecule has 0 rings (SSSR count). The third kappa shape index (κ3) is 5.32. The lowest BCUT2D eigenvalue weighted by Crippen LogP contribution is -1.99. The minimum absolute atomic E-state index is 0.144. The molecule has 1 unspecified atom stereocenters. The number of isocyanates is 1. The zero-order valence-corrected chi connectivity index (χ0v) is 6.23. The molecule has 0 fully saturated rings. The van der Waals surface area contributed by atoms with Gasteiger partial charge in [0, 0.05) is 0 Å². The van der Waals surface area contributed by atoms with Crippen LogP contribution in [0.25, 0.3) is 0 Å². The molecule has 3 nitrogen and oxygen atoms in total. The van der Waals surface area contributed by atoms with Crippen molar-refractivity contribution >= 4 is 23.5 Å². The third-order valence-corrected chi connectivity index (χ3v) is 0.979. The topological polar surface area (TPSA) is 41.8 Å². The smallest absolute Gasteiger partial charge is 0.229 e. The highest BCUT2D eigenvalue weighted by Gasteiger charge is 1.94. The highest BCUT2D eigenvalue weighted by molar-refractivity contribution is 7.78. The van der Waals surface area contributed by atoms with Crippen LogP contribution >= 0.6 is 12.2 Å². The van der Waals surface area contributed by atoms with Crippen LogP contribution in [0.2, 0.25) is 0 Å². The zero-order valence-electron chi connectivity index (χ0n) is 5.41. The van der Waals surface area contributed by atoms with Crippen LogP contribution in [0.3, 0.4) is 0 Å². The number of carbonyl (C=O) groups excluding carboxylic acids is 1. The Morgan fingerprint density at radius 1 is 1.70 bits per heavy atom. The summed E-state index contributed by atoms with van der Waals surface area (Å²) < 4.78 is 0. The van der Waals surface area contributed by atoms with Gasteiger partial charge < -0.3 is 0 Å². The first-order chi connectivity index (χ1) is 4.81. The van der Waals surface area contributed by atoms with Crippen LogP contribution in [0.4, 0.5) is 0 Å². The molecule has 0 aromatic heterocycles. The van der Waals surface area contributed by atoms with Crippen LogP contribution in [0.1, 0.15) is 6.42 Å². The third-order valence-electron chi connectivity index (χ3n) is 0.874. The highest BCUT2D eigenvalue weighted by atomic mass is 32.1. The Balaban J connectivity index is 3.48. The summed E-state index contributed by atoms with van der Waals surface area (Å²) in [5.41, 5.74) is 0. The zero-order chi connectivity index (χ0) is 7.82. The van der Waals surface area contributed by atoms with E-state index in [-0.39, 0.29) is 6.04 Å². The van der Waals surface area contributed by atoms with Gasteiger partial charge in [-0.3, -0.25) is 0 Å². The maximum Gasteiger partial charge on any atom is 0.234 e. The monoisotopic (exact) mass is 155 g/mol. The molecule has 0 aliphatic carbocycles. The van der Waals surface area contributed by atoms with Crippen molar-refractivity contribution < 1.29 is 4.79 Å². The predicted molar refractivity (Wildman–Crippen MR) is 41.8 cm³/mol. The van der Waals surface area contributed by atoms with Crippen LogP contribution < -0.4 is 0 Å². The van der Waals surface area contributed by atoms with Crippen molar-refractivity contribution in [3.05, 3.63) is 6.92 Å². The fourth-order valence-corrected chi connectivity index (χ4v) is 0.547. The molecule has 1 atom stereocenters. The first kappa shape index (κ1) is 9.18. The van der Waals surface area contributed by atoms with Crippen molar-refractivity contribution in [2.75, 3.05) is 6.54 Å². The Labute approximate surface area is 64.9 Å². The average Bonchev–Trinajstić information content (AvgIpc) is 1.89. The largest absolute Gasteiger partial charge is 0.234 e. The fraction of sp³-hybridized carbons (Fsp3) is 0.500. The molecule has 0 aliphatic heterocycles. The summed E-state index contributed by atoms with van der Waals surface area (Å²) >= 11 is 4.34. The van der Waals surface area contributed by atoms with Gasteiger partial charge in [-0.15, -0.1) is 0 Å². The Hall–Kier alpha value is -0.820. The fourth-order valence-electron chi connectivity index (χ4n) is 0.398. The van der Waals surface area contributed by atoms with Gasteiger partial charge in [-0.05, 0) is 25.6 Å². The second-order valence-corrected chi connectivity index (χ2v) is 1.82. The Morgan fingerprint density at radius 2 is 2.40 bits per heavy atom. The molecule has 0 bridgehead atoms. The molecule has 0 aromatic carbocycles. The summed E-state index contributed by atoms with van der Waals surface area (Å²) in [6, 6.07) is -0.144. The van der Waals surface area contributed by atoms with Gasteiger partial charge in [-0.25, -0.2) is 14.8 Å². The van der Waals surface area contributed by atoms with E-state index >= 15 is 0 Å². The first-order valence-corrected chi connectivity index (χ1v) is 3.15.